The van der Waals surface area contributed by atoms with Crippen molar-refractivity contribution in [2.24, 2.45) is 0 Å². The van der Waals surface area contributed by atoms with Gasteiger partial charge in [-0.15, -0.1) is 0 Å². The van der Waals surface area contributed by atoms with Crippen molar-refractivity contribution in [2.45, 2.75) is 26.2 Å². The lowest BCUT2D eigenvalue weighted by Gasteiger charge is -2.31. The number of hydrogen-bond donors (Lipinski definition) is 1. The summed E-state index contributed by atoms with van der Waals surface area (Å²) in [7, 11) is 1.67. The number of methoxy groups -OCH3 is 1. The molecule has 0 fully saturated rings. The van der Waals surface area contributed by atoms with Crippen molar-refractivity contribution in [1.82, 2.24) is 10.2 Å². The first-order valence-electron chi connectivity index (χ1n) is 9.17. The first-order valence-corrected chi connectivity index (χ1v) is 9.17. The SMILES string of the molecule is CCN(C[C@H]1COc2ccccc2O1)C(=O)NCc1ccc(COC)cc1. The van der Waals surface area contributed by atoms with Crippen LogP contribution in [0.15, 0.2) is 48.5 Å². The van der Waals surface area contributed by atoms with Gasteiger partial charge in [0.25, 0.3) is 0 Å². The number of carbonyl (C=O) groups is 1. The zero-order valence-corrected chi connectivity index (χ0v) is 15.8. The van der Waals surface area contributed by atoms with Crippen LogP contribution in [0.25, 0.3) is 0 Å². The smallest absolute Gasteiger partial charge is 0.317 e. The number of hydrogen-bond acceptors (Lipinski definition) is 4. The van der Waals surface area contributed by atoms with Gasteiger partial charge in [0, 0.05) is 20.2 Å². The van der Waals surface area contributed by atoms with E-state index in [1.165, 1.54) is 0 Å². The van der Waals surface area contributed by atoms with E-state index in [0.717, 1.165) is 22.6 Å². The van der Waals surface area contributed by atoms with Gasteiger partial charge in [0.1, 0.15) is 6.61 Å². The van der Waals surface area contributed by atoms with E-state index < -0.39 is 0 Å². The lowest BCUT2D eigenvalue weighted by molar-refractivity contribution is 0.0675. The standard InChI is InChI=1S/C21H26N2O4/c1-3-23(13-18-15-26-19-6-4-5-7-20(19)27-18)21(24)22-12-16-8-10-17(11-9-16)14-25-2/h4-11,18H,3,12-15H2,1-2H3,(H,22,24)/t18-/m0/s1. The quantitative estimate of drug-likeness (QED) is 0.813. The van der Waals surface area contributed by atoms with Crippen molar-refractivity contribution >= 4 is 6.03 Å². The fraction of sp³-hybridized carbons (Fsp3) is 0.381. The third-order valence-electron chi connectivity index (χ3n) is 4.44. The molecule has 0 unspecified atom stereocenters. The summed E-state index contributed by atoms with van der Waals surface area (Å²) < 4.78 is 16.8. The molecule has 1 heterocycles. The van der Waals surface area contributed by atoms with Gasteiger partial charge in [-0.05, 0) is 30.2 Å². The van der Waals surface area contributed by atoms with Crippen LogP contribution in [0.1, 0.15) is 18.1 Å². The van der Waals surface area contributed by atoms with Crippen LogP contribution in [0.3, 0.4) is 0 Å². The number of rotatable bonds is 7. The predicted molar refractivity (Wildman–Crippen MR) is 103 cm³/mol. The Hall–Kier alpha value is -2.73. The average molecular weight is 370 g/mol. The molecule has 3 rings (SSSR count). The molecule has 0 radical (unpaired) electrons. The Balaban J connectivity index is 1.50. The summed E-state index contributed by atoms with van der Waals surface area (Å²) in [6.45, 7) is 4.53. The maximum Gasteiger partial charge on any atom is 0.317 e. The van der Waals surface area contributed by atoms with Crippen LogP contribution in [0.5, 0.6) is 11.5 Å². The van der Waals surface area contributed by atoms with Crippen molar-refractivity contribution in [3.8, 4) is 11.5 Å². The van der Waals surface area contributed by atoms with Crippen LogP contribution in [-0.2, 0) is 17.9 Å². The Labute approximate surface area is 160 Å². The van der Waals surface area contributed by atoms with Crippen LogP contribution in [0, 0.1) is 0 Å². The summed E-state index contributed by atoms with van der Waals surface area (Å²) in [5, 5.41) is 2.97. The molecule has 0 saturated carbocycles. The minimum absolute atomic E-state index is 0.110. The van der Waals surface area contributed by atoms with Gasteiger partial charge in [-0.2, -0.15) is 0 Å². The van der Waals surface area contributed by atoms with Gasteiger partial charge in [0.15, 0.2) is 17.6 Å². The van der Waals surface area contributed by atoms with E-state index in [0.29, 0.717) is 32.8 Å². The fourth-order valence-corrected chi connectivity index (χ4v) is 2.96. The van der Waals surface area contributed by atoms with E-state index in [4.69, 9.17) is 14.2 Å². The highest BCUT2D eigenvalue weighted by atomic mass is 16.6. The maximum absolute atomic E-state index is 12.5. The molecule has 0 saturated heterocycles. The molecule has 2 aromatic rings. The van der Waals surface area contributed by atoms with Crippen LogP contribution >= 0.6 is 0 Å². The number of benzene rings is 2. The number of urea groups is 1. The fourth-order valence-electron chi connectivity index (χ4n) is 2.96. The zero-order valence-electron chi connectivity index (χ0n) is 15.8. The van der Waals surface area contributed by atoms with E-state index in [9.17, 15) is 4.79 Å². The van der Waals surface area contributed by atoms with Gasteiger partial charge in [0.05, 0.1) is 13.2 Å². The first kappa shape index (κ1) is 19.0. The van der Waals surface area contributed by atoms with Gasteiger partial charge in [-0.3, -0.25) is 0 Å². The monoisotopic (exact) mass is 370 g/mol. The first-order chi connectivity index (χ1) is 13.2. The van der Waals surface area contributed by atoms with Gasteiger partial charge in [-0.1, -0.05) is 36.4 Å². The number of nitrogens with zero attached hydrogens (tertiary/aromatic N) is 1. The van der Waals surface area contributed by atoms with Crippen molar-refractivity contribution in [3.05, 3.63) is 59.7 Å². The van der Waals surface area contributed by atoms with Crippen molar-refractivity contribution in [2.75, 3.05) is 26.8 Å². The van der Waals surface area contributed by atoms with Gasteiger partial charge in [0.2, 0.25) is 0 Å². The van der Waals surface area contributed by atoms with E-state index in [2.05, 4.69) is 5.32 Å². The second-order valence-corrected chi connectivity index (χ2v) is 6.44. The normalized spacial score (nSPS) is 15.3. The van der Waals surface area contributed by atoms with Crippen LogP contribution in [0.2, 0.25) is 0 Å². The number of fused-ring (bicyclic) bond motifs is 1. The molecule has 0 bridgehead atoms. The highest BCUT2D eigenvalue weighted by Crippen LogP contribution is 2.31. The molecule has 144 valence electrons. The number of likely N-dealkylation sites (N-methyl/N-ethyl adjacent to an activating group) is 1. The van der Waals surface area contributed by atoms with Crippen molar-refractivity contribution in [1.29, 1.82) is 0 Å². The van der Waals surface area contributed by atoms with Crippen LogP contribution in [-0.4, -0.2) is 43.8 Å². The third kappa shape index (κ3) is 5.14. The zero-order chi connectivity index (χ0) is 19.1. The summed E-state index contributed by atoms with van der Waals surface area (Å²) in [5.74, 6) is 1.47. The third-order valence-corrected chi connectivity index (χ3v) is 4.44. The second-order valence-electron chi connectivity index (χ2n) is 6.44. The van der Waals surface area contributed by atoms with Crippen molar-refractivity contribution in [3.63, 3.8) is 0 Å². The molecule has 2 amide bonds. The summed E-state index contributed by atoms with van der Waals surface area (Å²) in [6.07, 6.45) is -0.182. The minimum Gasteiger partial charge on any atom is -0.486 e. The summed E-state index contributed by atoms with van der Waals surface area (Å²) in [4.78, 5) is 14.3. The molecule has 0 aromatic heterocycles. The molecule has 0 aliphatic carbocycles. The molecule has 1 aliphatic rings. The summed E-state index contributed by atoms with van der Waals surface area (Å²) >= 11 is 0. The Morgan fingerprint density at radius 1 is 1.15 bits per heavy atom. The highest BCUT2D eigenvalue weighted by molar-refractivity contribution is 5.74. The number of nitrogens with one attached hydrogen (secondary N) is 1. The number of amides is 2. The molecule has 6 nitrogen and oxygen atoms in total. The Kier molecular flexibility index (Phi) is 6.54. The summed E-state index contributed by atoms with van der Waals surface area (Å²) in [6, 6.07) is 15.5. The predicted octanol–water partition coefficient (Wildman–Crippen LogP) is 3.20. The molecule has 1 atom stereocenters. The molecule has 2 aromatic carbocycles. The summed E-state index contributed by atoms with van der Waals surface area (Å²) in [5.41, 5.74) is 2.16. The molecule has 1 N–H and O–H groups in total. The lowest BCUT2D eigenvalue weighted by Crippen LogP contribution is -2.47. The van der Waals surface area contributed by atoms with Crippen LogP contribution in [0.4, 0.5) is 4.79 Å². The lowest BCUT2D eigenvalue weighted by atomic mass is 10.1. The number of carbonyl (C=O) groups excluding carboxylic acids is 1. The van der Waals surface area contributed by atoms with E-state index >= 15 is 0 Å². The molecule has 1 aliphatic heterocycles. The molecular weight excluding hydrogens is 344 g/mol. The Morgan fingerprint density at radius 3 is 2.56 bits per heavy atom. The van der Waals surface area contributed by atoms with Gasteiger partial charge >= 0.3 is 6.03 Å². The second kappa shape index (κ2) is 9.28. The van der Waals surface area contributed by atoms with Gasteiger partial charge < -0.3 is 24.4 Å². The molecule has 27 heavy (non-hydrogen) atoms. The largest absolute Gasteiger partial charge is 0.486 e. The highest BCUT2D eigenvalue weighted by Gasteiger charge is 2.24. The number of ether oxygens (including phenoxy) is 3. The number of para-hydroxylation sites is 2. The van der Waals surface area contributed by atoms with Gasteiger partial charge in [-0.25, -0.2) is 4.79 Å². The van der Waals surface area contributed by atoms with E-state index in [1.54, 1.807) is 12.0 Å². The molecule has 6 heteroatoms. The Morgan fingerprint density at radius 2 is 1.85 bits per heavy atom. The topological polar surface area (TPSA) is 60.0 Å². The minimum atomic E-state index is -0.182. The van der Waals surface area contributed by atoms with E-state index in [-0.39, 0.29) is 12.1 Å². The molecule has 0 spiro atoms. The average Bonchev–Trinajstić information content (AvgIpc) is 2.71. The maximum atomic E-state index is 12.5. The van der Waals surface area contributed by atoms with E-state index in [1.807, 2.05) is 55.5 Å². The molecular formula is C21H26N2O4. The van der Waals surface area contributed by atoms with Crippen molar-refractivity contribution < 1.29 is 19.0 Å². The Bertz CT molecular complexity index is 748. The van der Waals surface area contributed by atoms with Crippen LogP contribution < -0.4 is 14.8 Å².